The van der Waals surface area contributed by atoms with Crippen LogP contribution in [0.4, 0.5) is 10.1 Å². The molecule has 0 bridgehead atoms. The highest BCUT2D eigenvalue weighted by Gasteiger charge is 2.39. The molecule has 0 spiro atoms. The number of fused-ring (bicyclic) bond motifs is 1. The first-order valence-corrected chi connectivity index (χ1v) is 10.3. The molecular weight excluding hydrogens is 385 g/mol. The number of hydrogen-bond acceptors (Lipinski definition) is 4. The van der Waals surface area contributed by atoms with Crippen molar-refractivity contribution >= 4 is 17.5 Å². The topological polar surface area (TPSA) is 79.5 Å². The minimum atomic E-state index is -0.531. The lowest BCUT2D eigenvalue weighted by atomic mass is 9.72. The van der Waals surface area contributed by atoms with Crippen molar-refractivity contribution in [2.75, 3.05) is 12.4 Å². The molecule has 30 heavy (non-hydrogen) atoms. The molecule has 1 heterocycles. The van der Waals surface area contributed by atoms with Crippen LogP contribution in [0.2, 0.25) is 0 Å². The molecule has 7 heteroatoms. The summed E-state index contributed by atoms with van der Waals surface area (Å²) in [7, 11) is 1.39. The lowest BCUT2D eigenvalue weighted by Gasteiger charge is -2.41. The highest BCUT2D eigenvalue weighted by molar-refractivity contribution is 6.04. The number of hydrazine groups is 1. The molecule has 2 aromatic carbocycles. The molecule has 3 atom stereocenters. The van der Waals surface area contributed by atoms with Crippen molar-refractivity contribution in [1.29, 1.82) is 0 Å². The van der Waals surface area contributed by atoms with Gasteiger partial charge in [0.1, 0.15) is 0 Å². The van der Waals surface area contributed by atoms with Crippen LogP contribution in [0.5, 0.6) is 5.75 Å². The van der Waals surface area contributed by atoms with Crippen LogP contribution in [0.25, 0.3) is 0 Å². The van der Waals surface area contributed by atoms with Crippen molar-refractivity contribution in [1.82, 2.24) is 10.9 Å². The summed E-state index contributed by atoms with van der Waals surface area (Å²) in [4.78, 5) is 24.8. The number of methoxy groups -OCH3 is 1. The Morgan fingerprint density at radius 3 is 2.83 bits per heavy atom. The molecule has 1 aliphatic heterocycles. The first kappa shape index (κ1) is 20.3. The van der Waals surface area contributed by atoms with Gasteiger partial charge in [-0.15, -0.1) is 0 Å². The third-order valence-electron chi connectivity index (χ3n) is 6.11. The second-order valence-electron chi connectivity index (χ2n) is 8.00. The van der Waals surface area contributed by atoms with Crippen molar-refractivity contribution in [3.8, 4) is 5.75 Å². The van der Waals surface area contributed by atoms with Gasteiger partial charge in [-0.25, -0.2) is 9.82 Å². The van der Waals surface area contributed by atoms with Crippen LogP contribution in [0.1, 0.15) is 41.6 Å². The summed E-state index contributed by atoms with van der Waals surface area (Å²) in [6, 6.07) is 11.9. The first-order chi connectivity index (χ1) is 14.5. The largest absolute Gasteiger partial charge is 0.494 e. The van der Waals surface area contributed by atoms with E-state index in [-0.39, 0.29) is 29.5 Å². The molecule has 1 aliphatic carbocycles. The van der Waals surface area contributed by atoms with Gasteiger partial charge in [0.25, 0.3) is 5.91 Å². The molecule has 0 radical (unpaired) electrons. The van der Waals surface area contributed by atoms with E-state index in [9.17, 15) is 14.0 Å². The minimum Gasteiger partial charge on any atom is -0.494 e. The number of ether oxygens (including phenoxy) is 1. The molecule has 2 aliphatic rings. The number of amides is 2. The van der Waals surface area contributed by atoms with Crippen molar-refractivity contribution in [2.45, 2.75) is 38.1 Å². The Morgan fingerprint density at radius 1 is 1.20 bits per heavy atom. The molecule has 0 aromatic heterocycles. The third-order valence-corrected chi connectivity index (χ3v) is 6.11. The standard InChI is InChI=1S/C23H26FN3O3/c1-30-21-10-9-16(13-19(21)24)25-22(28)15-6-4-5-14(11-15)12-20-17-7-2-3-8-18(17)23(29)27-26-20/h4-6,9-11,13,17-18,20,26H,2-3,7-8,12H2,1H3,(H,25,28)(H,27,29). The van der Waals surface area contributed by atoms with Crippen LogP contribution in [0.15, 0.2) is 42.5 Å². The molecule has 3 N–H and O–H groups in total. The lowest BCUT2D eigenvalue weighted by Crippen LogP contribution is -2.60. The SMILES string of the molecule is COc1ccc(NC(=O)c2cccc(CC3NNC(=O)C4CCCCC34)c2)cc1F. The summed E-state index contributed by atoms with van der Waals surface area (Å²) >= 11 is 0. The Labute approximate surface area is 175 Å². The van der Waals surface area contributed by atoms with Crippen LogP contribution in [-0.2, 0) is 11.2 Å². The van der Waals surface area contributed by atoms with E-state index in [1.165, 1.54) is 19.2 Å². The van der Waals surface area contributed by atoms with E-state index in [0.29, 0.717) is 17.2 Å². The summed E-state index contributed by atoms with van der Waals surface area (Å²) in [5.41, 5.74) is 7.88. The number of nitrogens with one attached hydrogen (secondary N) is 3. The first-order valence-electron chi connectivity index (χ1n) is 10.3. The zero-order valence-corrected chi connectivity index (χ0v) is 16.9. The molecular formula is C23H26FN3O3. The zero-order chi connectivity index (χ0) is 21.1. The van der Waals surface area contributed by atoms with Gasteiger partial charge in [0.2, 0.25) is 5.91 Å². The van der Waals surface area contributed by atoms with Crippen molar-refractivity contribution in [2.24, 2.45) is 11.8 Å². The normalized spacial score (nSPS) is 23.3. The fraction of sp³-hybridized carbons (Fsp3) is 0.391. The quantitative estimate of drug-likeness (QED) is 0.704. The number of rotatable bonds is 5. The van der Waals surface area contributed by atoms with Gasteiger partial charge in [-0.1, -0.05) is 25.0 Å². The van der Waals surface area contributed by atoms with Gasteiger partial charge in [0.15, 0.2) is 11.6 Å². The van der Waals surface area contributed by atoms with E-state index in [1.807, 2.05) is 18.2 Å². The third kappa shape index (κ3) is 4.31. The molecule has 1 saturated carbocycles. The average molecular weight is 411 g/mol. The number of carbonyl (C=O) groups excluding carboxylic acids is 2. The molecule has 1 saturated heterocycles. The summed E-state index contributed by atoms with van der Waals surface area (Å²) in [5, 5.41) is 2.73. The van der Waals surface area contributed by atoms with E-state index < -0.39 is 5.82 Å². The Morgan fingerprint density at radius 2 is 2.03 bits per heavy atom. The number of anilines is 1. The maximum atomic E-state index is 13.9. The number of benzene rings is 2. The molecule has 4 rings (SSSR count). The Kier molecular flexibility index (Phi) is 5.99. The Balaban J connectivity index is 1.45. The highest BCUT2D eigenvalue weighted by Crippen LogP contribution is 2.35. The lowest BCUT2D eigenvalue weighted by molar-refractivity contribution is -0.133. The molecule has 2 amide bonds. The summed E-state index contributed by atoms with van der Waals surface area (Å²) in [6.07, 6.45) is 4.95. The second kappa shape index (κ2) is 8.83. The van der Waals surface area contributed by atoms with E-state index >= 15 is 0 Å². The predicted octanol–water partition coefficient (Wildman–Crippen LogP) is 3.44. The highest BCUT2D eigenvalue weighted by atomic mass is 19.1. The van der Waals surface area contributed by atoms with E-state index in [2.05, 4.69) is 16.2 Å². The van der Waals surface area contributed by atoms with Crippen molar-refractivity contribution < 1.29 is 18.7 Å². The second-order valence-corrected chi connectivity index (χ2v) is 8.00. The molecule has 3 unspecified atom stereocenters. The zero-order valence-electron chi connectivity index (χ0n) is 16.9. The number of halogens is 1. The minimum absolute atomic E-state index is 0.0708. The van der Waals surface area contributed by atoms with Crippen molar-refractivity contribution in [3.05, 3.63) is 59.4 Å². The fourth-order valence-corrected chi connectivity index (χ4v) is 4.57. The Hall–Kier alpha value is -2.93. The van der Waals surface area contributed by atoms with Crippen LogP contribution < -0.4 is 20.9 Å². The summed E-state index contributed by atoms with van der Waals surface area (Å²) in [6.45, 7) is 0. The van der Waals surface area contributed by atoms with Gasteiger partial charge in [0, 0.05) is 29.3 Å². The maximum Gasteiger partial charge on any atom is 0.255 e. The summed E-state index contributed by atoms with van der Waals surface area (Å²) in [5.74, 6) is -0.231. The maximum absolute atomic E-state index is 13.9. The van der Waals surface area contributed by atoms with Gasteiger partial charge >= 0.3 is 0 Å². The van der Waals surface area contributed by atoms with Crippen LogP contribution in [0, 0.1) is 17.7 Å². The number of hydrogen-bond donors (Lipinski definition) is 3. The Bertz CT molecular complexity index is 949. The van der Waals surface area contributed by atoms with Crippen molar-refractivity contribution in [3.63, 3.8) is 0 Å². The van der Waals surface area contributed by atoms with Gasteiger partial charge < -0.3 is 10.1 Å². The number of carbonyl (C=O) groups is 2. The molecule has 6 nitrogen and oxygen atoms in total. The monoisotopic (exact) mass is 411 g/mol. The van der Waals surface area contributed by atoms with Gasteiger partial charge in [-0.2, -0.15) is 0 Å². The smallest absolute Gasteiger partial charge is 0.255 e. The van der Waals surface area contributed by atoms with Gasteiger partial charge in [0.05, 0.1) is 7.11 Å². The van der Waals surface area contributed by atoms with Crippen LogP contribution in [0.3, 0.4) is 0 Å². The summed E-state index contributed by atoms with van der Waals surface area (Å²) < 4.78 is 18.8. The van der Waals surface area contributed by atoms with E-state index in [1.54, 1.807) is 12.1 Å². The molecule has 2 aromatic rings. The van der Waals surface area contributed by atoms with Gasteiger partial charge in [-0.05, 0) is 55.0 Å². The fourth-order valence-electron chi connectivity index (χ4n) is 4.57. The van der Waals surface area contributed by atoms with Gasteiger partial charge in [-0.3, -0.25) is 15.0 Å². The van der Waals surface area contributed by atoms with Crippen LogP contribution in [-0.4, -0.2) is 25.0 Å². The predicted molar refractivity (Wildman–Crippen MR) is 112 cm³/mol. The average Bonchev–Trinajstić information content (AvgIpc) is 2.76. The molecule has 2 fully saturated rings. The van der Waals surface area contributed by atoms with E-state index in [0.717, 1.165) is 37.7 Å². The van der Waals surface area contributed by atoms with E-state index in [4.69, 9.17) is 4.74 Å². The molecule has 158 valence electrons. The van der Waals surface area contributed by atoms with Crippen LogP contribution >= 0.6 is 0 Å².